The summed E-state index contributed by atoms with van der Waals surface area (Å²) in [5.41, 5.74) is 2.83. The molecule has 0 aliphatic rings. The van der Waals surface area contributed by atoms with Crippen LogP contribution < -0.4 is 10.3 Å². The fourth-order valence-corrected chi connectivity index (χ4v) is 4.85. The van der Waals surface area contributed by atoms with Gasteiger partial charge in [0.25, 0.3) is 5.56 Å². The highest BCUT2D eigenvalue weighted by molar-refractivity contribution is 5.80. The molecule has 2 aromatic heterocycles. The Labute approximate surface area is 230 Å². The van der Waals surface area contributed by atoms with E-state index in [9.17, 15) is 13.6 Å². The van der Waals surface area contributed by atoms with E-state index < -0.39 is 0 Å². The zero-order valence-corrected chi connectivity index (χ0v) is 22.3. The van der Waals surface area contributed by atoms with Gasteiger partial charge in [0.05, 0.1) is 19.2 Å². The molecule has 1 N–H and O–H groups in total. The molecule has 206 valence electrons. The number of ether oxygens (including phenoxy) is 1. The normalized spacial score (nSPS) is 12.2. The number of tetrazole rings is 1. The van der Waals surface area contributed by atoms with Gasteiger partial charge in [0.1, 0.15) is 17.4 Å². The lowest BCUT2D eigenvalue weighted by atomic mass is 10.1. The Bertz CT molecular complexity index is 1630. The lowest BCUT2D eigenvalue weighted by Crippen LogP contribution is -2.32. The number of H-pyrrole nitrogens is 1. The topological polar surface area (TPSA) is 88.9 Å². The van der Waals surface area contributed by atoms with Crippen LogP contribution in [0.15, 0.2) is 77.6 Å². The third kappa shape index (κ3) is 6.23. The van der Waals surface area contributed by atoms with Crippen LogP contribution in [0.5, 0.6) is 5.75 Å². The van der Waals surface area contributed by atoms with E-state index in [1.165, 1.54) is 24.3 Å². The molecule has 0 aliphatic heterocycles. The zero-order chi connectivity index (χ0) is 28.1. The van der Waals surface area contributed by atoms with Crippen LogP contribution in [0.3, 0.4) is 0 Å². The molecule has 1 unspecified atom stereocenters. The molecule has 0 spiro atoms. The summed E-state index contributed by atoms with van der Waals surface area (Å²) in [5.74, 6) is 0.709. The lowest BCUT2D eigenvalue weighted by molar-refractivity contribution is 0.161. The Balaban J connectivity index is 1.51. The molecule has 0 amide bonds. The van der Waals surface area contributed by atoms with Gasteiger partial charge in [-0.15, -0.1) is 5.10 Å². The fraction of sp³-hybridized carbons (Fsp3) is 0.267. The smallest absolute Gasteiger partial charge is 0.252 e. The van der Waals surface area contributed by atoms with Crippen LogP contribution in [-0.4, -0.2) is 36.7 Å². The van der Waals surface area contributed by atoms with Crippen molar-refractivity contribution in [2.45, 2.75) is 45.9 Å². The molecule has 3 aromatic carbocycles. The number of hydrogen-bond donors (Lipinski definition) is 1. The molecule has 5 rings (SSSR count). The van der Waals surface area contributed by atoms with Crippen LogP contribution in [0.1, 0.15) is 48.8 Å². The predicted molar refractivity (Wildman–Crippen MR) is 148 cm³/mol. The molecule has 0 saturated heterocycles. The molecule has 0 fully saturated rings. The summed E-state index contributed by atoms with van der Waals surface area (Å²) in [5, 5.41) is 13.3. The monoisotopic (exact) mass is 544 g/mol. The average molecular weight is 545 g/mol. The second kappa shape index (κ2) is 12.2. The standard InChI is InChI=1S/C30H30F2N6O2/c1-3-28(29-34-35-36-38(29)18-21-7-11-25(32)12-8-21)37(17-20-5-9-24(31)10-6-20)19-23-15-22-16-26(40-4-2)13-14-27(22)33-30(23)39/h5-16,28H,3-4,17-19H2,1-2H3,(H,33,39). The van der Waals surface area contributed by atoms with E-state index in [-0.39, 0.29) is 23.2 Å². The average Bonchev–Trinajstić information content (AvgIpc) is 3.40. The SMILES string of the molecule is CCOc1ccc2[nH]c(=O)c(CN(Cc3ccc(F)cc3)C(CC)c3nnnn3Cc3ccc(F)cc3)cc2c1. The zero-order valence-electron chi connectivity index (χ0n) is 22.3. The Morgan fingerprint density at radius 2 is 1.62 bits per heavy atom. The van der Waals surface area contributed by atoms with Gasteiger partial charge in [-0.1, -0.05) is 31.2 Å². The predicted octanol–water partition coefficient (Wildman–Crippen LogP) is 5.39. The largest absolute Gasteiger partial charge is 0.494 e. The summed E-state index contributed by atoms with van der Waals surface area (Å²) >= 11 is 0. The number of nitrogens with one attached hydrogen (secondary N) is 1. The van der Waals surface area contributed by atoms with Crippen LogP contribution in [0, 0.1) is 11.6 Å². The molecular weight excluding hydrogens is 514 g/mol. The Hall–Kier alpha value is -4.44. The van der Waals surface area contributed by atoms with E-state index in [0.29, 0.717) is 44.0 Å². The molecule has 2 heterocycles. The minimum absolute atomic E-state index is 0.193. The summed E-state index contributed by atoms with van der Waals surface area (Å²) in [7, 11) is 0. The maximum absolute atomic E-state index is 13.7. The van der Waals surface area contributed by atoms with Gasteiger partial charge in [-0.2, -0.15) is 0 Å². The maximum Gasteiger partial charge on any atom is 0.252 e. The summed E-state index contributed by atoms with van der Waals surface area (Å²) in [6.07, 6.45) is 0.644. The number of fused-ring (bicyclic) bond motifs is 1. The number of pyridine rings is 1. The van der Waals surface area contributed by atoms with Crippen molar-refractivity contribution in [3.05, 3.63) is 117 Å². The van der Waals surface area contributed by atoms with Crippen molar-refractivity contribution < 1.29 is 13.5 Å². The highest BCUT2D eigenvalue weighted by atomic mass is 19.1. The Kier molecular flexibility index (Phi) is 8.26. The van der Waals surface area contributed by atoms with Gasteiger partial charge < -0.3 is 9.72 Å². The molecule has 1 atom stereocenters. The van der Waals surface area contributed by atoms with Gasteiger partial charge in [-0.05, 0) is 83.4 Å². The van der Waals surface area contributed by atoms with Crippen molar-refractivity contribution >= 4 is 10.9 Å². The number of halogens is 2. The van der Waals surface area contributed by atoms with Crippen LogP contribution in [0.25, 0.3) is 10.9 Å². The van der Waals surface area contributed by atoms with E-state index in [2.05, 4.69) is 25.4 Å². The molecule has 10 heteroatoms. The minimum Gasteiger partial charge on any atom is -0.494 e. The number of rotatable bonds is 11. The number of nitrogens with zero attached hydrogens (tertiary/aromatic N) is 5. The number of benzene rings is 3. The van der Waals surface area contributed by atoms with Gasteiger partial charge in [-0.25, -0.2) is 13.5 Å². The van der Waals surface area contributed by atoms with E-state index in [1.807, 2.05) is 38.1 Å². The van der Waals surface area contributed by atoms with Crippen LogP contribution in [0.2, 0.25) is 0 Å². The molecule has 0 aliphatic carbocycles. The first kappa shape index (κ1) is 27.1. The molecule has 0 radical (unpaired) electrons. The van der Waals surface area contributed by atoms with Gasteiger partial charge in [0, 0.05) is 29.6 Å². The van der Waals surface area contributed by atoms with E-state index in [1.54, 1.807) is 28.9 Å². The van der Waals surface area contributed by atoms with Crippen molar-refractivity contribution in [2.75, 3.05) is 6.61 Å². The summed E-state index contributed by atoms with van der Waals surface area (Å²) in [4.78, 5) is 18.3. The first-order valence-corrected chi connectivity index (χ1v) is 13.2. The number of hydrogen-bond acceptors (Lipinski definition) is 6. The highest BCUT2D eigenvalue weighted by Gasteiger charge is 2.26. The fourth-order valence-electron chi connectivity index (χ4n) is 4.85. The van der Waals surface area contributed by atoms with E-state index in [0.717, 1.165) is 27.8 Å². The van der Waals surface area contributed by atoms with Crippen molar-refractivity contribution in [2.24, 2.45) is 0 Å². The Morgan fingerprint density at radius 1 is 0.925 bits per heavy atom. The first-order valence-electron chi connectivity index (χ1n) is 13.2. The molecule has 0 saturated carbocycles. The van der Waals surface area contributed by atoms with Gasteiger partial charge in [-0.3, -0.25) is 9.69 Å². The molecule has 8 nitrogen and oxygen atoms in total. The van der Waals surface area contributed by atoms with Crippen LogP contribution in [-0.2, 0) is 19.6 Å². The summed E-state index contributed by atoms with van der Waals surface area (Å²) in [6, 6.07) is 19.7. The highest BCUT2D eigenvalue weighted by Crippen LogP contribution is 2.27. The van der Waals surface area contributed by atoms with Gasteiger partial charge in [0.2, 0.25) is 0 Å². The van der Waals surface area contributed by atoms with Crippen molar-refractivity contribution in [1.82, 2.24) is 30.1 Å². The third-order valence-corrected chi connectivity index (χ3v) is 6.81. The minimum atomic E-state index is -0.318. The van der Waals surface area contributed by atoms with Crippen molar-refractivity contribution in [1.29, 1.82) is 0 Å². The molecule has 5 aromatic rings. The van der Waals surface area contributed by atoms with Crippen LogP contribution in [0.4, 0.5) is 8.78 Å². The van der Waals surface area contributed by atoms with Crippen molar-refractivity contribution in [3.63, 3.8) is 0 Å². The molecule has 0 bridgehead atoms. The number of aromatic nitrogens is 5. The maximum atomic E-state index is 13.7. The van der Waals surface area contributed by atoms with E-state index >= 15 is 0 Å². The molecular formula is C30H30F2N6O2. The van der Waals surface area contributed by atoms with Crippen LogP contribution >= 0.6 is 0 Å². The van der Waals surface area contributed by atoms with Gasteiger partial charge >= 0.3 is 0 Å². The van der Waals surface area contributed by atoms with Crippen molar-refractivity contribution in [3.8, 4) is 5.75 Å². The lowest BCUT2D eigenvalue weighted by Gasteiger charge is -2.30. The molecule has 40 heavy (non-hydrogen) atoms. The van der Waals surface area contributed by atoms with Gasteiger partial charge in [0.15, 0.2) is 5.82 Å². The third-order valence-electron chi connectivity index (χ3n) is 6.81. The first-order chi connectivity index (χ1) is 19.4. The Morgan fingerprint density at radius 3 is 2.30 bits per heavy atom. The summed E-state index contributed by atoms with van der Waals surface area (Å²) < 4.78 is 34.5. The second-order valence-electron chi connectivity index (χ2n) is 9.58. The summed E-state index contributed by atoms with van der Waals surface area (Å²) in [6.45, 7) is 5.57. The quantitative estimate of drug-likeness (QED) is 0.240. The number of aromatic amines is 1. The van der Waals surface area contributed by atoms with E-state index in [4.69, 9.17) is 4.74 Å². The second-order valence-corrected chi connectivity index (χ2v) is 9.58.